The van der Waals surface area contributed by atoms with Crippen LogP contribution in [-0.2, 0) is 33.9 Å². The number of anilines is 2. The summed E-state index contributed by atoms with van der Waals surface area (Å²) >= 11 is 0. The highest BCUT2D eigenvalue weighted by Gasteiger charge is 2.47. The first-order chi connectivity index (χ1) is 17.0. The van der Waals surface area contributed by atoms with E-state index in [-0.39, 0.29) is 29.7 Å². The number of ether oxygens (including phenoxy) is 2. The van der Waals surface area contributed by atoms with Crippen LogP contribution in [0.5, 0.6) is 0 Å². The number of hydrogen-bond acceptors (Lipinski definition) is 7. The number of amides is 3. The third-order valence-electron chi connectivity index (χ3n) is 5.92. The summed E-state index contributed by atoms with van der Waals surface area (Å²) < 4.78 is 38.7. The van der Waals surface area contributed by atoms with Gasteiger partial charge in [-0.05, 0) is 47.9 Å². The van der Waals surface area contributed by atoms with Gasteiger partial charge in [-0.3, -0.25) is 14.4 Å². The number of methoxy groups -OCH3 is 2. The molecule has 0 saturated carbocycles. The van der Waals surface area contributed by atoms with Crippen molar-refractivity contribution >= 4 is 39.1 Å². The molecule has 3 amide bonds. The lowest BCUT2D eigenvalue weighted by molar-refractivity contribution is -0.126. The molecular formula is C25H31N3O7S. The van der Waals surface area contributed by atoms with Gasteiger partial charge in [0.1, 0.15) is 6.04 Å². The van der Waals surface area contributed by atoms with Crippen LogP contribution in [0.3, 0.4) is 0 Å². The first-order valence-corrected chi connectivity index (χ1v) is 12.9. The maximum atomic E-state index is 13.7. The third kappa shape index (κ3) is 5.81. The van der Waals surface area contributed by atoms with E-state index in [2.05, 4.69) is 5.32 Å². The summed E-state index contributed by atoms with van der Waals surface area (Å²) in [6, 6.07) is 11.3. The van der Waals surface area contributed by atoms with E-state index in [4.69, 9.17) is 9.47 Å². The molecule has 10 nitrogen and oxygen atoms in total. The normalized spacial score (nSPS) is 16.4. The van der Waals surface area contributed by atoms with Gasteiger partial charge in [0.2, 0.25) is 21.8 Å². The van der Waals surface area contributed by atoms with E-state index >= 15 is 0 Å². The van der Waals surface area contributed by atoms with Crippen molar-refractivity contribution in [1.82, 2.24) is 4.31 Å². The molecule has 0 bridgehead atoms. The zero-order valence-electron chi connectivity index (χ0n) is 20.9. The first kappa shape index (κ1) is 27.5. The lowest BCUT2D eigenvalue weighted by atomic mass is 10.0. The van der Waals surface area contributed by atoms with Crippen LogP contribution in [0.4, 0.5) is 11.4 Å². The Bertz CT molecular complexity index is 1210. The van der Waals surface area contributed by atoms with Gasteiger partial charge < -0.3 is 14.8 Å². The summed E-state index contributed by atoms with van der Waals surface area (Å²) in [4.78, 5) is 38.6. The second-order valence-electron chi connectivity index (χ2n) is 8.71. The van der Waals surface area contributed by atoms with E-state index in [9.17, 15) is 22.8 Å². The molecule has 3 rings (SSSR count). The monoisotopic (exact) mass is 517 g/mol. The van der Waals surface area contributed by atoms with Crippen molar-refractivity contribution in [3.05, 3.63) is 54.1 Å². The standard InChI is InChI=1S/C25H31N3O7S/c1-16(2)18-6-10-20(11-7-18)28-23(30)14-22(25(28)31)27(15-24(34-4)35-5)36(32,33)21-12-8-19(9-13-21)26-17(3)29/h6-13,16,22,24H,14-15H2,1-5H3,(H,26,29). The maximum absolute atomic E-state index is 13.7. The summed E-state index contributed by atoms with van der Waals surface area (Å²) in [5.41, 5.74) is 1.84. The number of sulfonamides is 1. The van der Waals surface area contributed by atoms with Gasteiger partial charge in [0, 0.05) is 26.8 Å². The van der Waals surface area contributed by atoms with Gasteiger partial charge in [0.05, 0.1) is 23.5 Å². The van der Waals surface area contributed by atoms with E-state index < -0.39 is 34.2 Å². The summed E-state index contributed by atoms with van der Waals surface area (Å²) in [7, 11) is -1.56. The second-order valence-corrected chi connectivity index (χ2v) is 10.6. The van der Waals surface area contributed by atoms with Crippen LogP contribution < -0.4 is 10.2 Å². The molecular weight excluding hydrogens is 486 g/mol. The van der Waals surface area contributed by atoms with E-state index in [1.54, 1.807) is 12.1 Å². The van der Waals surface area contributed by atoms with Crippen LogP contribution in [0.1, 0.15) is 38.7 Å². The van der Waals surface area contributed by atoms with E-state index in [0.717, 1.165) is 14.8 Å². The van der Waals surface area contributed by atoms with Crippen molar-refractivity contribution in [1.29, 1.82) is 0 Å². The predicted molar refractivity (Wildman–Crippen MR) is 134 cm³/mol. The van der Waals surface area contributed by atoms with Gasteiger partial charge in [-0.2, -0.15) is 4.31 Å². The fourth-order valence-electron chi connectivity index (χ4n) is 3.95. The molecule has 11 heteroatoms. The largest absolute Gasteiger partial charge is 0.354 e. The van der Waals surface area contributed by atoms with E-state index in [1.807, 2.05) is 26.0 Å². The Balaban J connectivity index is 1.97. The van der Waals surface area contributed by atoms with Gasteiger partial charge in [-0.1, -0.05) is 26.0 Å². The SMILES string of the molecule is COC(CN(C1CC(=O)N(c2ccc(C(C)C)cc2)C1=O)S(=O)(=O)c1ccc(NC(C)=O)cc1)OC. The molecule has 1 N–H and O–H groups in total. The Morgan fingerprint density at radius 2 is 1.64 bits per heavy atom. The molecule has 2 aromatic rings. The molecule has 194 valence electrons. The molecule has 0 aliphatic carbocycles. The number of carbonyl (C=O) groups is 3. The number of rotatable bonds is 10. The molecule has 1 atom stereocenters. The van der Waals surface area contributed by atoms with Crippen molar-refractivity contribution in [2.45, 2.75) is 50.3 Å². The number of nitrogens with zero attached hydrogens (tertiary/aromatic N) is 2. The summed E-state index contributed by atoms with van der Waals surface area (Å²) in [6.07, 6.45) is -1.30. The lowest BCUT2D eigenvalue weighted by Crippen LogP contribution is -2.49. The quantitative estimate of drug-likeness (QED) is 0.380. The molecule has 1 fully saturated rings. The van der Waals surface area contributed by atoms with Gasteiger partial charge in [-0.15, -0.1) is 0 Å². The third-order valence-corrected chi connectivity index (χ3v) is 7.81. The Kier molecular flexibility index (Phi) is 8.62. The van der Waals surface area contributed by atoms with E-state index in [0.29, 0.717) is 11.4 Å². The molecule has 2 aromatic carbocycles. The average Bonchev–Trinajstić information content (AvgIpc) is 3.13. The smallest absolute Gasteiger partial charge is 0.252 e. The van der Waals surface area contributed by atoms with Crippen molar-refractivity contribution < 1.29 is 32.3 Å². The number of benzene rings is 2. The van der Waals surface area contributed by atoms with E-state index in [1.165, 1.54) is 45.4 Å². The molecule has 0 spiro atoms. The molecule has 1 heterocycles. The number of hydrogen-bond donors (Lipinski definition) is 1. The number of carbonyl (C=O) groups excluding carboxylic acids is 3. The predicted octanol–water partition coefficient (Wildman–Crippen LogP) is 2.71. The highest BCUT2D eigenvalue weighted by atomic mass is 32.2. The van der Waals surface area contributed by atoms with Gasteiger partial charge in [0.15, 0.2) is 6.29 Å². The average molecular weight is 518 g/mol. The molecule has 0 aromatic heterocycles. The summed E-state index contributed by atoms with van der Waals surface area (Å²) in [6.45, 7) is 5.09. The van der Waals surface area contributed by atoms with Crippen LogP contribution >= 0.6 is 0 Å². The zero-order chi connectivity index (χ0) is 26.6. The Morgan fingerprint density at radius 1 is 1.06 bits per heavy atom. The fourth-order valence-corrected chi connectivity index (χ4v) is 5.52. The van der Waals surface area contributed by atoms with Crippen molar-refractivity contribution in [3.8, 4) is 0 Å². The lowest BCUT2D eigenvalue weighted by Gasteiger charge is -2.29. The van der Waals surface area contributed by atoms with Gasteiger partial charge in [0.25, 0.3) is 5.91 Å². The van der Waals surface area contributed by atoms with Crippen LogP contribution in [0, 0.1) is 0 Å². The Hall–Kier alpha value is -3.12. The zero-order valence-corrected chi connectivity index (χ0v) is 21.7. The minimum atomic E-state index is -4.26. The highest BCUT2D eigenvalue weighted by molar-refractivity contribution is 7.89. The topological polar surface area (TPSA) is 122 Å². The number of imide groups is 1. The van der Waals surface area contributed by atoms with Crippen LogP contribution in [0.25, 0.3) is 0 Å². The fraction of sp³-hybridized carbons (Fsp3) is 0.400. The van der Waals surface area contributed by atoms with Gasteiger partial charge >= 0.3 is 0 Å². The molecule has 36 heavy (non-hydrogen) atoms. The Labute approximate surface area is 211 Å². The Morgan fingerprint density at radius 3 is 2.14 bits per heavy atom. The van der Waals surface area contributed by atoms with Gasteiger partial charge in [-0.25, -0.2) is 13.3 Å². The maximum Gasteiger partial charge on any atom is 0.252 e. The number of nitrogens with one attached hydrogen (secondary N) is 1. The minimum Gasteiger partial charge on any atom is -0.354 e. The van der Waals surface area contributed by atoms with Crippen molar-refractivity contribution in [2.24, 2.45) is 0 Å². The molecule has 1 aliphatic rings. The van der Waals surface area contributed by atoms with Crippen LogP contribution in [0.2, 0.25) is 0 Å². The second kappa shape index (κ2) is 11.3. The highest BCUT2D eigenvalue weighted by Crippen LogP contribution is 2.31. The van der Waals surface area contributed by atoms with Crippen molar-refractivity contribution in [2.75, 3.05) is 31.0 Å². The molecule has 1 unspecified atom stereocenters. The first-order valence-electron chi connectivity index (χ1n) is 11.4. The van der Waals surface area contributed by atoms with Crippen LogP contribution in [0.15, 0.2) is 53.4 Å². The van der Waals surface area contributed by atoms with Crippen molar-refractivity contribution in [3.63, 3.8) is 0 Å². The molecule has 1 aliphatic heterocycles. The summed E-state index contributed by atoms with van der Waals surface area (Å²) in [5, 5.41) is 2.57. The summed E-state index contributed by atoms with van der Waals surface area (Å²) in [5.74, 6) is -1.18. The van der Waals surface area contributed by atoms with Crippen LogP contribution in [-0.4, -0.2) is 63.5 Å². The molecule has 1 saturated heterocycles. The minimum absolute atomic E-state index is 0.109. The molecule has 0 radical (unpaired) electrons.